The second-order valence-corrected chi connectivity index (χ2v) is 10.3. The molecule has 0 aliphatic heterocycles. The summed E-state index contributed by atoms with van der Waals surface area (Å²) in [6.45, 7) is 0. The molecule has 136 valence electrons. The van der Waals surface area contributed by atoms with Crippen molar-refractivity contribution in [3.05, 3.63) is 57.5 Å². The SMILES string of the molecule is Brc1ccc(OC23CC4CC(C2)CC(Oc2ccc(Br)cc2)(C4)C3)cc1. The van der Waals surface area contributed by atoms with E-state index >= 15 is 0 Å². The summed E-state index contributed by atoms with van der Waals surface area (Å²) < 4.78 is 15.5. The van der Waals surface area contributed by atoms with Crippen LogP contribution < -0.4 is 9.47 Å². The largest absolute Gasteiger partial charge is 0.487 e. The van der Waals surface area contributed by atoms with Gasteiger partial charge < -0.3 is 9.47 Å². The van der Waals surface area contributed by atoms with Gasteiger partial charge in [-0.1, -0.05) is 31.9 Å². The maximum Gasteiger partial charge on any atom is 0.120 e. The molecule has 0 atom stereocenters. The quantitative estimate of drug-likeness (QED) is 0.484. The van der Waals surface area contributed by atoms with E-state index in [2.05, 4.69) is 80.4 Å². The summed E-state index contributed by atoms with van der Waals surface area (Å²) in [4.78, 5) is 0. The first-order valence-electron chi connectivity index (χ1n) is 9.41. The zero-order chi connectivity index (χ0) is 17.8. The van der Waals surface area contributed by atoms with Crippen molar-refractivity contribution < 1.29 is 9.47 Å². The number of benzene rings is 2. The fraction of sp³-hybridized carbons (Fsp3) is 0.455. The van der Waals surface area contributed by atoms with Gasteiger partial charge in [0.15, 0.2) is 0 Å². The third-order valence-corrected chi connectivity index (χ3v) is 7.31. The summed E-state index contributed by atoms with van der Waals surface area (Å²) >= 11 is 7.02. The summed E-state index contributed by atoms with van der Waals surface area (Å²) in [5, 5.41) is 0. The van der Waals surface area contributed by atoms with E-state index in [0.29, 0.717) is 0 Å². The maximum absolute atomic E-state index is 6.64. The number of ether oxygens (including phenoxy) is 2. The van der Waals surface area contributed by atoms with Crippen LogP contribution in [-0.4, -0.2) is 11.2 Å². The zero-order valence-corrected chi connectivity index (χ0v) is 17.8. The molecule has 0 saturated heterocycles. The number of halogens is 2. The van der Waals surface area contributed by atoms with Crippen LogP contribution >= 0.6 is 31.9 Å². The van der Waals surface area contributed by atoms with Gasteiger partial charge in [0.1, 0.15) is 22.7 Å². The minimum atomic E-state index is -0.0622. The molecule has 4 aliphatic rings. The Balaban J connectivity index is 1.42. The Morgan fingerprint density at radius 1 is 0.654 bits per heavy atom. The van der Waals surface area contributed by atoms with Crippen molar-refractivity contribution in [2.75, 3.05) is 0 Å². The lowest BCUT2D eigenvalue weighted by Gasteiger charge is -2.60. The Morgan fingerprint density at radius 3 is 1.42 bits per heavy atom. The van der Waals surface area contributed by atoms with Gasteiger partial charge in [0.2, 0.25) is 0 Å². The Kier molecular flexibility index (Phi) is 4.13. The average Bonchev–Trinajstić information content (AvgIpc) is 2.57. The molecule has 0 radical (unpaired) electrons. The third kappa shape index (κ3) is 3.20. The van der Waals surface area contributed by atoms with Gasteiger partial charge in [-0.2, -0.15) is 0 Å². The molecule has 6 rings (SSSR count). The lowest BCUT2D eigenvalue weighted by Crippen LogP contribution is -2.63. The molecule has 0 aromatic heterocycles. The van der Waals surface area contributed by atoms with Crippen LogP contribution in [0.1, 0.15) is 38.5 Å². The van der Waals surface area contributed by atoms with E-state index in [9.17, 15) is 0 Å². The Labute approximate surface area is 171 Å². The Morgan fingerprint density at radius 2 is 1.04 bits per heavy atom. The van der Waals surface area contributed by atoms with Crippen LogP contribution in [0.5, 0.6) is 11.5 Å². The molecular weight excluding hydrogens is 456 g/mol. The maximum atomic E-state index is 6.64. The summed E-state index contributed by atoms with van der Waals surface area (Å²) in [6, 6.07) is 16.5. The fourth-order valence-corrected chi connectivity index (χ4v) is 6.37. The highest BCUT2D eigenvalue weighted by Gasteiger charge is 2.60. The highest BCUT2D eigenvalue weighted by molar-refractivity contribution is 9.10. The highest BCUT2D eigenvalue weighted by atomic mass is 79.9. The van der Waals surface area contributed by atoms with Crippen molar-refractivity contribution in [2.45, 2.75) is 49.7 Å². The molecule has 0 unspecified atom stereocenters. The Hall–Kier alpha value is -1.00. The van der Waals surface area contributed by atoms with E-state index in [1.807, 2.05) is 0 Å². The molecule has 26 heavy (non-hydrogen) atoms. The second kappa shape index (κ2) is 6.27. The van der Waals surface area contributed by atoms with Crippen LogP contribution in [0.3, 0.4) is 0 Å². The van der Waals surface area contributed by atoms with Crippen LogP contribution in [0, 0.1) is 11.8 Å². The van der Waals surface area contributed by atoms with E-state index in [1.54, 1.807) is 0 Å². The molecular formula is C22H22Br2O2. The molecule has 4 fully saturated rings. The number of rotatable bonds is 4. The van der Waals surface area contributed by atoms with Gasteiger partial charge in [-0.05, 0) is 92.5 Å². The number of hydrogen-bond acceptors (Lipinski definition) is 2. The average molecular weight is 478 g/mol. The first-order valence-corrected chi connectivity index (χ1v) is 11.0. The van der Waals surface area contributed by atoms with Crippen molar-refractivity contribution in [1.29, 1.82) is 0 Å². The van der Waals surface area contributed by atoms with Crippen molar-refractivity contribution in [3.8, 4) is 11.5 Å². The van der Waals surface area contributed by atoms with Gasteiger partial charge >= 0.3 is 0 Å². The van der Waals surface area contributed by atoms with E-state index in [-0.39, 0.29) is 11.2 Å². The molecule has 2 aromatic carbocycles. The molecule has 4 aliphatic carbocycles. The number of hydrogen-bond donors (Lipinski definition) is 0. The molecule has 0 heterocycles. The van der Waals surface area contributed by atoms with Crippen molar-refractivity contribution in [1.82, 2.24) is 0 Å². The summed E-state index contributed by atoms with van der Waals surface area (Å²) in [5.41, 5.74) is -0.124. The lowest BCUT2D eigenvalue weighted by molar-refractivity contribution is -0.177. The predicted octanol–water partition coefficient (Wildman–Crippen LogP) is 6.76. The monoisotopic (exact) mass is 476 g/mol. The Bertz CT molecular complexity index is 720. The van der Waals surface area contributed by atoms with Gasteiger partial charge in [-0.3, -0.25) is 0 Å². The van der Waals surface area contributed by atoms with Crippen molar-refractivity contribution >= 4 is 31.9 Å². The first-order chi connectivity index (χ1) is 12.5. The summed E-state index contributed by atoms with van der Waals surface area (Å²) in [5.74, 6) is 3.41. The smallest absolute Gasteiger partial charge is 0.120 e. The lowest BCUT2D eigenvalue weighted by atomic mass is 9.52. The van der Waals surface area contributed by atoms with Crippen molar-refractivity contribution in [3.63, 3.8) is 0 Å². The fourth-order valence-electron chi connectivity index (χ4n) is 5.84. The minimum Gasteiger partial charge on any atom is -0.487 e. The molecule has 4 bridgehead atoms. The topological polar surface area (TPSA) is 18.5 Å². The predicted molar refractivity (Wildman–Crippen MR) is 110 cm³/mol. The van der Waals surface area contributed by atoms with Crippen LogP contribution in [0.25, 0.3) is 0 Å². The van der Waals surface area contributed by atoms with Gasteiger partial charge in [0, 0.05) is 15.4 Å². The van der Waals surface area contributed by atoms with E-state index in [0.717, 1.165) is 38.7 Å². The van der Waals surface area contributed by atoms with Gasteiger partial charge in [0.25, 0.3) is 0 Å². The van der Waals surface area contributed by atoms with E-state index in [1.165, 1.54) is 32.1 Å². The summed E-state index contributed by atoms with van der Waals surface area (Å²) in [6.07, 6.45) is 7.03. The minimum absolute atomic E-state index is 0.0622. The zero-order valence-electron chi connectivity index (χ0n) is 14.6. The van der Waals surface area contributed by atoms with E-state index < -0.39 is 0 Å². The van der Waals surface area contributed by atoms with Crippen LogP contribution in [0.4, 0.5) is 0 Å². The third-order valence-electron chi connectivity index (χ3n) is 6.25. The summed E-state index contributed by atoms with van der Waals surface area (Å²) in [7, 11) is 0. The van der Waals surface area contributed by atoms with Gasteiger partial charge in [-0.15, -0.1) is 0 Å². The molecule has 2 aromatic rings. The van der Waals surface area contributed by atoms with Crippen molar-refractivity contribution in [2.24, 2.45) is 11.8 Å². The normalized spacial score (nSPS) is 34.7. The van der Waals surface area contributed by atoms with Crippen LogP contribution in [-0.2, 0) is 0 Å². The van der Waals surface area contributed by atoms with Crippen LogP contribution in [0.15, 0.2) is 57.5 Å². The van der Waals surface area contributed by atoms with Crippen LogP contribution in [0.2, 0.25) is 0 Å². The molecule has 4 heteroatoms. The molecule has 2 nitrogen and oxygen atoms in total. The first kappa shape index (κ1) is 17.1. The second-order valence-electron chi connectivity index (χ2n) is 8.44. The van der Waals surface area contributed by atoms with Gasteiger partial charge in [-0.25, -0.2) is 0 Å². The highest BCUT2D eigenvalue weighted by Crippen LogP contribution is 2.60. The molecule has 0 spiro atoms. The van der Waals surface area contributed by atoms with Gasteiger partial charge in [0.05, 0.1) is 0 Å². The standard InChI is InChI=1S/C22H22Br2O2/c23-17-1-5-19(6-2-17)25-21-10-15-9-16(11-21)13-22(12-15,14-21)26-20-7-3-18(24)4-8-20/h1-8,15-16H,9-14H2. The molecule has 0 N–H and O–H groups in total. The van der Waals surface area contributed by atoms with E-state index in [4.69, 9.17) is 9.47 Å². The molecule has 4 saturated carbocycles. The molecule has 0 amide bonds.